The number of nitrogens with one attached hydrogen (secondary N) is 1. The standard InChI is InChI=1S/C27H34N2O/c30-26(27(16-8-3-9-17-27)23-12-6-2-7-13-23)28-25-15-14-22-19-29(20-24(22)25)18-21-10-4-1-5-11-21/h1-2,4-7,10-13,22,24-25H,3,8-9,14-20H2,(H,28,30)/t22-,24+,25-/m0/s1. The molecule has 3 aliphatic rings. The van der Waals surface area contributed by atoms with Crippen molar-refractivity contribution in [3.63, 3.8) is 0 Å². The lowest BCUT2D eigenvalue weighted by Gasteiger charge is -2.38. The first-order valence-corrected chi connectivity index (χ1v) is 11.9. The predicted molar refractivity (Wildman–Crippen MR) is 121 cm³/mol. The second-order valence-electron chi connectivity index (χ2n) is 9.77. The van der Waals surface area contributed by atoms with E-state index in [1.54, 1.807) is 0 Å². The molecule has 3 nitrogen and oxygen atoms in total. The van der Waals surface area contributed by atoms with E-state index in [0.717, 1.165) is 51.1 Å². The molecule has 2 aliphatic carbocycles. The van der Waals surface area contributed by atoms with E-state index in [1.807, 2.05) is 0 Å². The number of rotatable bonds is 5. The number of nitrogens with zero attached hydrogens (tertiary/aromatic N) is 1. The molecular formula is C27H34N2O. The van der Waals surface area contributed by atoms with Gasteiger partial charge in [0.25, 0.3) is 0 Å². The van der Waals surface area contributed by atoms with Gasteiger partial charge < -0.3 is 5.32 Å². The molecular weight excluding hydrogens is 368 g/mol. The minimum Gasteiger partial charge on any atom is -0.352 e. The zero-order valence-electron chi connectivity index (χ0n) is 17.9. The summed E-state index contributed by atoms with van der Waals surface area (Å²) in [6.07, 6.45) is 7.94. The molecule has 0 unspecified atom stereocenters. The molecule has 1 heterocycles. The van der Waals surface area contributed by atoms with Gasteiger partial charge in [0, 0.05) is 25.7 Å². The quantitative estimate of drug-likeness (QED) is 0.770. The molecule has 1 saturated heterocycles. The maximum atomic E-state index is 13.7. The van der Waals surface area contributed by atoms with E-state index in [1.165, 1.54) is 30.5 Å². The zero-order valence-corrected chi connectivity index (χ0v) is 17.9. The first-order chi connectivity index (χ1) is 14.7. The highest BCUT2D eigenvalue weighted by Gasteiger charge is 2.46. The maximum Gasteiger partial charge on any atom is 0.230 e. The molecule has 0 aromatic heterocycles. The third-order valence-electron chi connectivity index (χ3n) is 7.97. The van der Waals surface area contributed by atoms with Crippen molar-refractivity contribution in [2.24, 2.45) is 11.8 Å². The monoisotopic (exact) mass is 402 g/mol. The summed E-state index contributed by atoms with van der Waals surface area (Å²) in [4.78, 5) is 16.3. The first kappa shape index (κ1) is 19.8. The number of fused-ring (bicyclic) bond motifs is 1. The molecule has 2 aromatic rings. The number of hydrogen-bond acceptors (Lipinski definition) is 2. The van der Waals surface area contributed by atoms with Crippen LogP contribution >= 0.6 is 0 Å². The predicted octanol–water partition coefficient (Wildman–Crippen LogP) is 4.92. The van der Waals surface area contributed by atoms with Crippen molar-refractivity contribution in [3.8, 4) is 0 Å². The second-order valence-corrected chi connectivity index (χ2v) is 9.77. The van der Waals surface area contributed by atoms with Gasteiger partial charge >= 0.3 is 0 Å². The molecule has 158 valence electrons. The Labute approximate surface area is 180 Å². The highest BCUT2D eigenvalue weighted by molar-refractivity contribution is 5.88. The van der Waals surface area contributed by atoms with Crippen LogP contribution in [-0.4, -0.2) is 29.9 Å². The average Bonchev–Trinajstić information content (AvgIpc) is 3.36. The normalized spacial score (nSPS) is 28.2. The van der Waals surface area contributed by atoms with Gasteiger partial charge in [0.1, 0.15) is 0 Å². The topological polar surface area (TPSA) is 32.3 Å². The maximum absolute atomic E-state index is 13.7. The first-order valence-electron chi connectivity index (χ1n) is 11.9. The molecule has 0 spiro atoms. The summed E-state index contributed by atoms with van der Waals surface area (Å²) in [5.41, 5.74) is 2.29. The van der Waals surface area contributed by atoms with Crippen LogP contribution < -0.4 is 5.32 Å². The third-order valence-corrected chi connectivity index (χ3v) is 7.97. The van der Waals surface area contributed by atoms with Gasteiger partial charge in [-0.3, -0.25) is 9.69 Å². The van der Waals surface area contributed by atoms with Gasteiger partial charge in [0.15, 0.2) is 0 Å². The fourth-order valence-corrected chi connectivity index (χ4v) is 6.37. The van der Waals surface area contributed by atoms with E-state index in [2.05, 4.69) is 70.9 Å². The van der Waals surface area contributed by atoms with Gasteiger partial charge in [-0.2, -0.15) is 0 Å². The van der Waals surface area contributed by atoms with Crippen LogP contribution in [0.5, 0.6) is 0 Å². The van der Waals surface area contributed by atoms with Crippen molar-refractivity contribution in [3.05, 3.63) is 71.8 Å². The van der Waals surface area contributed by atoms with Crippen LogP contribution in [0.1, 0.15) is 56.1 Å². The van der Waals surface area contributed by atoms with E-state index in [9.17, 15) is 4.79 Å². The number of carbonyl (C=O) groups is 1. The molecule has 0 radical (unpaired) electrons. The Morgan fingerprint density at radius 1 is 0.900 bits per heavy atom. The minimum absolute atomic E-state index is 0.292. The lowest BCUT2D eigenvalue weighted by Crippen LogP contribution is -2.50. The number of likely N-dealkylation sites (tertiary alicyclic amines) is 1. The Morgan fingerprint density at radius 3 is 2.33 bits per heavy atom. The summed E-state index contributed by atoms with van der Waals surface area (Å²) in [7, 11) is 0. The number of carbonyl (C=O) groups excluding carboxylic acids is 1. The summed E-state index contributed by atoms with van der Waals surface area (Å²) in [6, 6.07) is 21.7. The number of hydrogen-bond donors (Lipinski definition) is 1. The average molecular weight is 403 g/mol. The zero-order chi connectivity index (χ0) is 20.4. The minimum atomic E-state index is -0.320. The molecule has 1 aliphatic heterocycles. The highest BCUT2D eigenvalue weighted by Crippen LogP contribution is 2.42. The Kier molecular flexibility index (Phi) is 5.64. The van der Waals surface area contributed by atoms with Crippen LogP contribution in [0, 0.1) is 11.8 Å². The van der Waals surface area contributed by atoms with Crippen LogP contribution in [0.3, 0.4) is 0 Å². The van der Waals surface area contributed by atoms with Crippen molar-refractivity contribution in [1.29, 1.82) is 0 Å². The van der Waals surface area contributed by atoms with E-state index < -0.39 is 0 Å². The molecule has 3 heteroatoms. The molecule has 3 fully saturated rings. The highest BCUT2D eigenvalue weighted by atomic mass is 16.2. The number of amides is 1. The van der Waals surface area contributed by atoms with Crippen LogP contribution in [0.4, 0.5) is 0 Å². The Bertz CT molecular complexity index is 844. The summed E-state index contributed by atoms with van der Waals surface area (Å²) in [6.45, 7) is 3.32. The van der Waals surface area contributed by atoms with Crippen molar-refractivity contribution in [2.45, 2.75) is 62.9 Å². The lowest BCUT2D eigenvalue weighted by atomic mass is 9.68. The Morgan fingerprint density at radius 2 is 1.60 bits per heavy atom. The van der Waals surface area contributed by atoms with Crippen molar-refractivity contribution >= 4 is 5.91 Å². The van der Waals surface area contributed by atoms with E-state index in [0.29, 0.717) is 17.9 Å². The van der Waals surface area contributed by atoms with Gasteiger partial charge in [-0.25, -0.2) is 0 Å². The molecule has 1 N–H and O–H groups in total. The largest absolute Gasteiger partial charge is 0.352 e. The van der Waals surface area contributed by atoms with Crippen LogP contribution in [0.15, 0.2) is 60.7 Å². The summed E-state index contributed by atoms with van der Waals surface area (Å²) in [5.74, 6) is 1.63. The third kappa shape index (κ3) is 3.80. The van der Waals surface area contributed by atoms with Gasteiger partial charge in [0.05, 0.1) is 5.41 Å². The molecule has 30 heavy (non-hydrogen) atoms. The van der Waals surface area contributed by atoms with Crippen LogP contribution in [0.25, 0.3) is 0 Å². The SMILES string of the molecule is O=C(N[C@H]1CC[C@H]2CN(Cc3ccccc3)C[C@H]21)C1(c2ccccc2)CCCCC1. The fraction of sp³-hybridized carbons (Fsp3) is 0.519. The summed E-state index contributed by atoms with van der Waals surface area (Å²) in [5, 5.41) is 3.58. The molecule has 1 amide bonds. The summed E-state index contributed by atoms with van der Waals surface area (Å²) < 4.78 is 0. The van der Waals surface area contributed by atoms with Crippen LogP contribution in [-0.2, 0) is 16.8 Å². The fourth-order valence-electron chi connectivity index (χ4n) is 6.37. The van der Waals surface area contributed by atoms with E-state index in [4.69, 9.17) is 0 Å². The molecule has 5 rings (SSSR count). The van der Waals surface area contributed by atoms with Gasteiger partial charge in [-0.1, -0.05) is 79.9 Å². The van der Waals surface area contributed by atoms with Crippen LogP contribution in [0.2, 0.25) is 0 Å². The second kappa shape index (κ2) is 8.55. The van der Waals surface area contributed by atoms with Crippen molar-refractivity contribution in [2.75, 3.05) is 13.1 Å². The Balaban J connectivity index is 1.28. The smallest absolute Gasteiger partial charge is 0.230 e. The van der Waals surface area contributed by atoms with Crippen molar-refractivity contribution in [1.82, 2.24) is 10.2 Å². The Hall–Kier alpha value is -2.13. The van der Waals surface area contributed by atoms with E-state index in [-0.39, 0.29) is 5.41 Å². The molecule has 2 saturated carbocycles. The van der Waals surface area contributed by atoms with Gasteiger partial charge in [-0.05, 0) is 48.6 Å². The molecule has 0 bridgehead atoms. The molecule has 2 aromatic carbocycles. The summed E-state index contributed by atoms with van der Waals surface area (Å²) >= 11 is 0. The van der Waals surface area contributed by atoms with E-state index >= 15 is 0 Å². The number of benzene rings is 2. The van der Waals surface area contributed by atoms with Crippen molar-refractivity contribution < 1.29 is 4.79 Å². The molecule has 3 atom stereocenters. The lowest BCUT2D eigenvalue weighted by molar-refractivity contribution is -0.129. The van der Waals surface area contributed by atoms with Gasteiger partial charge in [-0.15, -0.1) is 0 Å². The van der Waals surface area contributed by atoms with Gasteiger partial charge in [0.2, 0.25) is 5.91 Å².